The Morgan fingerprint density at radius 3 is 2.74 bits per heavy atom. The quantitative estimate of drug-likeness (QED) is 0.927. The number of aromatic nitrogens is 1. The number of hydrogen-bond donors (Lipinski definition) is 1. The van der Waals surface area contributed by atoms with Gasteiger partial charge in [-0.1, -0.05) is 16.8 Å². The molecule has 3 saturated heterocycles. The first-order valence-electron chi connectivity index (χ1n) is 8.51. The number of fused-ring (bicyclic) bond motifs is 4. The zero-order valence-electron chi connectivity index (χ0n) is 12.9. The molecule has 4 aliphatic rings. The molecule has 1 aliphatic carbocycles. The fourth-order valence-corrected chi connectivity index (χ4v) is 4.02. The van der Waals surface area contributed by atoms with E-state index in [1.54, 1.807) is 0 Å². The minimum atomic E-state index is 0.279. The zero-order valence-corrected chi connectivity index (χ0v) is 13.7. The van der Waals surface area contributed by atoms with Crippen LogP contribution in [0.5, 0.6) is 5.75 Å². The van der Waals surface area contributed by atoms with Gasteiger partial charge in [-0.05, 0) is 56.8 Å². The smallest absolute Gasteiger partial charge is 0.212 e. The van der Waals surface area contributed by atoms with Crippen LogP contribution in [0.25, 0.3) is 11.0 Å². The van der Waals surface area contributed by atoms with E-state index < -0.39 is 0 Å². The number of ether oxygens (including phenoxy) is 1. The molecule has 1 aromatic heterocycles. The maximum Gasteiger partial charge on any atom is 0.212 e. The van der Waals surface area contributed by atoms with Crippen molar-refractivity contribution in [3.05, 3.63) is 17.2 Å². The van der Waals surface area contributed by atoms with Crippen LogP contribution in [0.4, 0.5) is 5.82 Å². The van der Waals surface area contributed by atoms with Crippen molar-refractivity contribution in [1.29, 1.82) is 0 Å². The van der Waals surface area contributed by atoms with Gasteiger partial charge in [-0.3, -0.25) is 0 Å². The molecular formula is C17H20ClN3O2. The van der Waals surface area contributed by atoms with Gasteiger partial charge in [-0.25, -0.2) is 0 Å². The van der Waals surface area contributed by atoms with Gasteiger partial charge in [0.25, 0.3) is 0 Å². The third-order valence-electron chi connectivity index (χ3n) is 5.33. The van der Waals surface area contributed by atoms with Crippen molar-refractivity contribution in [3.63, 3.8) is 0 Å². The molecule has 1 atom stereocenters. The Kier molecular flexibility index (Phi) is 3.20. The van der Waals surface area contributed by atoms with Crippen molar-refractivity contribution in [1.82, 2.24) is 10.1 Å². The number of anilines is 1. The molecule has 4 fully saturated rings. The van der Waals surface area contributed by atoms with Crippen LogP contribution in [-0.4, -0.2) is 41.8 Å². The fraction of sp³-hybridized carbons (Fsp3) is 0.588. The van der Waals surface area contributed by atoms with Gasteiger partial charge in [0.1, 0.15) is 0 Å². The molecule has 2 aromatic rings. The Hall–Kier alpha value is -1.46. The summed E-state index contributed by atoms with van der Waals surface area (Å²) < 4.78 is 11.5. The highest BCUT2D eigenvalue weighted by molar-refractivity contribution is 6.33. The number of piperidine rings is 3. The van der Waals surface area contributed by atoms with Gasteiger partial charge in [0.15, 0.2) is 11.6 Å². The minimum absolute atomic E-state index is 0.279. The van der Waals surface area contributed by atoms with E-state index in [1.807, 2.05) is 12.1 Å². The number of rotatable bonds is 4. The molecule has 6 heteroatoms. The second-order valence-corrected chi connectivity index (χ2v) is 7.40. The number of benzene rings is 1. The molecule has 3 aliphatic heterocycles. The highest BCUT2D eigenvalue weighted by Crippen LogP contribution is 2.40. The van der Waals surface area contributed by atoms with Crippen molar-refractivity contribution in [2.75, 3.05) is 25.0 Å². The van der Waals surface area contributed by atoms with Gasteiger partial charge in [0.05, 0.1) is 16.5 Å². The molecule has 0 radical (unpaired) electrons. The van der Waals surface area contributed by atoms with E-state index in [1.165, 1.54) is 25.9 Å². The summed E-state index contributed by atoms with van der Waals surface area (Å²) in [5, 5.41) is 9.42. The highest BCUT2D eigenvalue weighted by Gasteiger charge is 2.35. The summed E-state index contributed by atoms with van der Waals surface area (Å²) in [6.07, 6.45) is 5.00. The Bertz CT molecular complexity index is 735. The Morgan fingerprint density at radius 1 is 1.22 bits per heavy atom. The predicted molar refractivity (Wildman–Crippen MR) is 89.2 cm³/mol. The van der Waals surface area contributed by atoms with E-state index >= 15 is 0 Å². The molecule has 6 rings (SSSR count). The van der Waals surface area contributed by atoms with Gasteiger partial charge in [-0.2, -0.15) is 0 Å². The standard InChI is InChI=1S/C17H20ClN3O2/c18-13-4-3-12-15(16(13)22-11-1-2-11)23-20-17(12)19-14-9-21-7-5-10(14)6-8-21/h3-4,10-11,14H,1-2,5-9H2,(H,19,20). The maximum atomic E-state index is 6.29. The van der Waals surface area contributed by atoms with E-state index in [2.05, 4.69) is 15.4 Å². The lowest BCUT2D eigenvalue weighted by Gasteiger charge is -2.44. The van der Waals surface area contributed by atoms with Crippen molar-refractivity contribution in [2.24, 2.45) is 5.92 Å². The molecule has 0 amide bonds. The molecule has 0 spiro atoms. The van der Waals surface area contributed by atoms with Crippen LogP contribution in [-0.2, 0) is 0 Å². The molecule has 1 saturated carbocycles. The maximum absolute atomic E-state index is 6.29. The average Bonchev–Trinajstić information content (AvgIpc) is 3.31. The molecule has 1 N–H and O–H groups in total. The van der Waals surface area contributed by atoms with Crippen LogP contribution < -0.4 is 10.1 Å². The molecule has 1 unspecified atom stereocenters. The van der Waals surface area contributed by atoms with Crippen LogP contribution in [0.2, 0.25) is 5.02 Å². The molecule has 122 valence electrons. The van der Waals surface area contributed by atoms with E-state index in [9.17, 15) is 0 Å². The lowest BCUT2D eigenvalue weighted by molar-refractivity contribution is 0.0973. The number of nitrogens with zero attached hydrogens (tertiary/aromatic N) is 2. The van der Waals surface area contributed by atoms with E-state index in [0.717, 1.165) is 36.5 Å². The summed E-state index contributed by atoms with van der Waals surface area (Å²) in [5.74, 6) is 2.19. The van der Waals surface area contributed by atoms with Crippen molar-refractivity contribution >= 4 is 28.4 Å². The number of halogens is 1. The third-order valence-corrected chi connectivity index (χ3v) is 5.63. The zero-order chi connectivity index (χ0) is 15.4. The Balaban J connectivity index is 1.45. The van der Waals surface area contributed by atoms with Gasteiger partial charge < -0.3 is 19.5 Å². The summed E-state index contributed by atoms with van der Waals surface area (Å²) in [6.45, 7) is 3.56. The van der Waals surface area contributed by atoms with Gasteiger partial charge >= 0.3 is 0 Å². The number of hydrogen-bond acceptors (Lipinski definition) is 5. The normalized spacial score (nSPS) is 29.9. The van der Waals surface area contributed by atoms with E-state index in [-0.39, 0.29) is 6.10 Å². The SMILES string of the molecule is Clc1ccc2c(NC3CN4CCC3CC4)noc2c1OC1CC1. The summed E-state index contributed by atoms with van der Waals surface area (Å²) >= 11 is 6.29. The fourth-order valence-electron chi connectivity index (χ4n) is 3.83. The summed E-state index contributed by atoms with van der Waals surface area (Å²) in [4.78, 5) is 2.53. The van der Waals surface area contributed by atoms with Gasteiger partial charge in [0.2, 0.25) is 5.58 Å². The molecule has 4 heterocycles. The topological polar surface area (TPSA) is 50.5 Å². The summed E-state index contributed by atoms with van der Waals surface area (Å²) in [6, 6.07) is 4.30. The lowest BCUT2D eigenvalue weighted by Crippen LogP contribution is -2.53. The third kappa shape index (κ3) is 2.46. The first-order valence-corrected chi connectivity index (χ1v) is 8.89. The van der Waals surface area contributed by atoms with Crippen LogP contribution in [0.15, 0.2) is 16.7 Å². The van der Waals surface area contributed by atoms with Crippen LogP contribution >= 0.6 is 11.6 Å². The van der Waals surface area contributed by atoms with Crippen molar-refractivity contribution in [3.8, 4) is 5.75 Å². The van der Waals surface area contributed by atoms with E-state index in [0.29, 0.717) is 22.4 Å². The second-order valence-electron chi connectivity index (χ2n) is 6.99. The highest BCUT2D eigenvalue weighted by atomic mass is 35.5. The molecule has 1 aromatic carbocycles. The van der Waals surface area contributed by atoms with Crippen LogP contribution in [0.3, 0.4) is 0 Å². The molecule has 23 heavy (non-hydrogen) atoms. The van der Waals surface area contributed by atoms with Crippen molar-refractivity contribution in [2.45, 2.75) is 37.8 Å². The Morgan fingerprint density at radius 2 is 2.04 bits per heavy atom. The van der Waals surface area contributed by atoms with Crippen molar-refractivity contribution < 1.29 is 9.26 Å². The molecule has 5 nitrogen and oxygen atoms in total. The van der Waals surface area contributed by atoms with Crippen LogP contribution in [0.1, 0.15) is 25.7 Å². The summed E-state index contributed by atoms with van der Waals surface area (Å²) in [5.41, 5.74) is 0.660. The summed E-state index contributed by atoms with van der Waals surface area (Å²) in [7, 11) is 0. The minimum Gasteiger partial charge on any atom is -0.485 e. The first-order chi connectivity index (χ1) is 11.3. The van der Waals surface area contributed by atoms with Gasteiger partial charge in [0, 0.05) is 12.6 Å². The number of nitrogens with one attached hydrogen (secondary N) is 1. The van der Waals surface area contributed by atoms with E-state index in [4.69, 9.17) is 20.9 Å². The largest absolute Gasteiger partial charge is 0.485 e. The Labute approximate surface area is 139 Å². The van der Waals surface area contributed by atoms with Crippen LogP contribution in [0, 0.1) is 5.92 Å². The van der Waals surface area contributed by atoms with Gasteiger partial charge in [-0.15, -0.1) is 0 Å². The first kappa shape index (κ1) is 13.9. The molecule has 2 bridgehead atoms. The molecular weight excluding hydrogens is 314 g/mol. The second kappa shape index (κ2) is 5.28. The average molecular weight is 334 g/mol. The lowest BCUT2D eigenvalue weighted by atomic mass is 9.84. The predicted octanol–water partition coefficient (Wildman–Crippen LogP) is 3.53. The monoisotopic (exact) mass is 333 g/mol.